The smallest absolute Gasteiger partial charge is 0.416 e. The summed E-state index contributed by atoms with van der Waals surface area (Å²) in [5.74, 6) is 0.138. The molecule has 2 rings (SSSR count). The standard InChI is InChI=1S/C17H16F3NO2/c1-2-12-4-3-5-15(10-12)23-11-16(22)21-14-8-6-13(7-9-14)17(18,19)20/h3-10H,2,11H2,1H3,(H,21,22). The summed E-state index contributed by atoms with van der Waals surface area (Å²) in [5.41, 5.74) is 0.614. The fourth-order valence-corrected chi connectivity index (χ4v) is 1.94. The number of benzene rings is 2. The third-order valence-corrected chi connectivity index (χ3v) is 3.17. The minimum Gasteiger partial charge on any atom is -0.484 e. The molecular formula is C17H16F3NO2. The van der Waals surface area contributed by atoms with Crippen molar-refractivity contribution in [2.24, 2.45) is 0 Å². The van der Waals surface area contributed by atoms with Crippen molar-refractivity contribution < 1.29 is 22.7 Å². The van der Waals surface area contributed by atoms with Gasteiger partial charge < -0.3 is 10.1 Å². The van der Waals surface area contributed by atoms with Crippen LogP contribution in [-0.4, -0.2) is 12.5 Å². The maximum atomic E-state index is 12.4. The first-order valence-electron chi connectivity index (χ1n) is 7.07. The number of amides is 1. The molecule has 1 N–H and O–H groups in total. The zero-order chi connectivity index (χ0) is 16.9. The first-order valence-corrected chi connectivity index (χ1v) is 7.07. The molecule has 0 aliphatic rings. The van der Waals surface area contributed by atoms with Gasteiger partial charge >= 0.3 is 6.18 Å². The van der Waals surface area contributed by atoms with E-state index in [1.807, 2.05) is 25.1 Å². The predicted octanol–water partition coefficient (Wildman–Crippen LogP) is 4.29. The molecule has 122 valence electrons. The quantitative estimate of drug-likeness (QED) is 0.891. The van der Waals surface area contributed by atoms with Gasteiger partial charge in [0.1, 0.15) is 5.75 Å². The van der Waals surface area contributed by atoms with Crippen LogP contribution in [0.4, 0.5) is 18.9 Å². The third kappa shape index (κ3) is 5.02. The summed E-state index contributed by atoms with van der Waals surface area (Å²) in [6, 6.07) is 11.6. The van der Waals surface area contributed by atoms with E-state index in [2.05, 4.69) is 5.32 Å². The van der Waals surface area contributed by atoms with Gasteiger partial charge in [-0.1, -0.05) is 19.1 Å². The van der Waals surface area contributed by atoms with Crippen LogP contribution in [0.3, 0.4) is 0 Å². The van der Waals surface area contributed by atoms with Crippen LogP contribution in [0.15, 0.2) is 48.5 Å². The number of rotatable bonds is 5. The number of hydrogen-bond donors (Lipinski definition) is 1. The number of ether oxygens (including phenoxy) is 1. The third-order valence-electron chi connectivity index (χ3n) is 3.17. The van der Waals surface area contributed by atoms with E-state index in [9.17, 15) is 18.0 Å². The van der Waals surface area contributed by atoms with Gasteiger partial charge in [-0.2, -0.15) is 13.2 Å². The number of hydrogen-bond acceptors (Lipinski definition) is 2. The molecule has 2 aromatic carbocycles. The fraction of sp³-hybridized carbons (Fsp3) is 0.235. The van der Waals surface area contributed by atoms with Crippen LogP contribution in [0.25, 0.3) is 0 Å². The Balaban J connectivity index is 1.89. The van der Waals surface area contributed by atoms with E-state index in [0.717, 1.165) is 24.1 Å². The highest BCUT2D eigenvalue weighted by Crippen LogP contribution is 2.29. The lowest BCUT2D eigenvalue weighted by atomic mass is 10.2. The molecule has 0 heterocycles. The van der Waals surface area contributed by atoms with E-state index in [0.29, 0.717) is 5.75 Å². The van der Waals surface area contributed by atoms with Crippen molar-refractivity contribution in [2.75, 3.05) is 11.9 Å². The van der Waals surface area contributed by atoms with Crippen molar-refractivity contribution in [3.05, 3.63) is 59.7 Å². The van der Waals surface area contributed by atoms with Crippen molar-refractivity contribution in [1.82, 2.24) is 0 Å². The zero-order valence-electron chi connectivity index (χ0n) is 12.5. The Labute approximate surface area is 132 Å². The van der Waals surface area contributed by atoms with Crippen LogP contribution in [-0.2, 0) is 17.4 Å². The molecule has 2 aromatic rings. The van der Waals surface area contributed by atoms with E-state index >= 15 is 0 Å². The van der Waals surface area contributed by atoms with Gasteiger partial charge in [-0.05, 0) is 48.4 Å². The van der Waals surface area contributed by atoms with Crippen molar-refractivity contribution in [3.8, 4) is 5.75 Å². The summed E-state index contributed by atoms with van der Waals surface area (Å²) in [5, 5.41) is 2.49. The first-order chi connectivity index (χ1) is 10.9. The lowest BCUT2D eigenvalue weighted by molar-refractivity contribution is -0.137. The monoisotopic (exact) mass is 323 g/mol. The van der Waals surface area contributed by atoms with Crippen molar-refractivity contribution in [1.29, 1.82) is 0 Å². The van der Waals surface area contributed by atoms with Crippen LogP contribution in [0, 0.1) is 0 Å². The number of anilines is 1. The molecule has 0 atom stereocenters. The van der Waals surface area contributed by atoms with Gasteiger partial charge in [-0.25, -0.2) is 0 Å². The van der Waals surface area contributed by atoms with Gasteiger partial charge in [0.15, 0.2) is 6.61 Å². The average molecular weight is 323 g/mol. The maximum Gasteiger partial charge on any atom is 0.416 e. The molecule has 0 saturated carbocycles. The molecule has 0 aliphatic heterocycles. The SMILES string of the molecule is CCc1cccc(OCC(=O)Nc2ccc(C(F)(F)F)cc2)c1. The van der Waals surface area contributed by atoms with Crippen LogP contribution >= 0.6 is 0 Å². The molecule has 23 heavy (non-hydrogen) atoms. The molecule has 0 aromatic heterocycles. The van der Waals surface area contributed by atoms with Gasteiger partial charge in [0.2, 0.25) is 0 Å². The number of nitrogens with one attached hydrogen (secondary N) is 1. The summed E-state index contributed by atoms with van der Waals surface area (Å²) in [7, 11) is 0. The molecular weight excluding hydrogens is 307 g/mol. The van der Waals surface area contributed by atoms with E-state index < -0.39 is 17.6 Å². The topological polar surface area (TPSA) is 38.3 Å². The predicted molar refractivity (Wildman–Crippen MR) is 81.4 cm³/mol. The fourth-order valence-electron chi connectivity index (χ4n) is 1.94. The largest absolute Gasteiger partial charge is 0.484 e. The summed E-state index contributed by atoms with van der Waals surface area (Å²) in [4.78, 5) is 11.8. The second-order valence-corrected chi connectivity index (χ2v) is 4.91. The highest BCUT2D eigenvalue weighted by molar-refractivity contribution is 5.91. The highest BCUT2D eigenvalue weighted by atomic mass is 19.4. The maximum absolute atomic E-state index is 12.4. The Kier molecular flexibility index (Phi) is 5.26. The lowest BCUT2D eigenvalue weighted by Crippen LogP contribution is -2.20. The van der Waals surface area contributed by atoms with Crippen LogP contribution in [0.5, 0.6) is 5.75 Å². The second kappa shape index (κ2) is 7.17. The Morgan fingerprint density at radius 2 is 1.83 bits per heavy atom. The molecule has 0 unspecified atom stereocenters. The van der Waals surface area contributed by atoms with E-state index in [-0.39, 0.29) is 12.3 Å². The first kappa shape index (κ1) is 16.9. The van der Waals surface area contributed by atoms with E-state index in [4.69, 9.17) is 4.74 Å². The van der Waals surface area contributed by atoms with Gasteiger partial charge in [0.05, 0.1) is 5.56 Å². The summed E-state index contributed by atoms with van der Waals surface area (Å²) in [6.07, 6.45) is -3.54. The Hall–Kier alpha value is -2.50. The number of aryl methyl sites for hydroxylation is 1. The summed E-state index contributed by atoms with van der Waals surface area (Å²) >= 11 is 0. The van der Waals surface area contributed by atoms with Crippen molar-refractivity contribution in [2.45, 2.75) is 19.5 Å². The minimum atomic E-state index is -4.39. The van der Waals surface area contributed by atoms with Crippen LogP contribution in [0.2, 0.25) is 0 Å². The Morgan fingerprint density at radius 1 is 1.13 bits per heavy atom. The van der Waals surface area contributed by atoms with E-state index in [1.165, 1.54) is 12.1 Å². The van der Waals surface area contributed by atoms with Crippen LogP contribution < -0.4 is 10.1 Å². The number of halogens is 3. The van der Waals surface area contributed by atoms with Gasteiger partial charge in [0.25, 0.3) is 5.91 Å². The van der Waals surface area contributed by atoms with Gasteiger partial charge in [-0.15, -0.1) is 0 Å². The van der Waals surface area contributed by atoms with Crippen LogP contribution in [0.1, 0.15) is 18.1 Å². The van der Waals surface area contributed by atoms with Crippen molar-refractivity contribution >= 4 is 11.6 Å². The second-order valence-electron chi connectivity index (χ2n) is 4.91. The average Bonchev–Trinajstić information content (AvgIpc) is 2.53. The molecule has 0 spiro atoms. The molecule has 0 aliphatic carbocycles. The molecule has 0 saturated heterocycles. The van der Waals surface area contributed by atoms with Gasteiger partial charge in [0, 0.05) is 5.69 Å². The number of carbonyl (C=O) groups is 1. The lowest BCUT2D eigenvalue weighted by Gasteiger charge is -2.10. The Bertz CT molecular complexity index is 666. The van der Waals surface area contributed by atoms with E-state index in [1.54, 1.807) is 6.07 Å². The number of carbonyl (C=O) groups excluding carboxylic acids is 1. The molecule has 0 radical (unpaired) electrons. The molecule has 0 bridgehead atoms. The molecule has 1 amide bonds. The molecule has 6 heteroatoms. The number of alkyl halides is 3. The highest BCUT2D eigenvalue weighted by Gasteiger charge is 2.29. The zero-order valence-corrected chi connectivity index (χ0v) is 12.5. The summed E-state index contributed by atoms with van der Waals surface area (Å²) in [6.45, 7) is 1.80. The van der Waals surface area contributed by atoms with Crippen molar-refractivity contribution in [3.63, 3.8) is 0 Å². The normalized spacial score (nSPS) is 11.1. The Morgan fingerprint density at radius 3 is 2.43 bits per heavy atom. The minimum absolute atomic E-state index is 0.214. The van der Waals surface area contributed by atoms with Gasteiger partial charge in [-0.3, -0.25) is 4.79 Å². The molecule has 0 fully saturated rings. The summed E-state index contributed by atoms with van der Waals surface area (Å²) < 4.78 is 42.7. The molecule has 3 nitrogen and oxygen atoms in total.